The van der Waals surface area contributed by atoms with Crippen molar-refractivity contribution in [1.82, 2.24) is 39.9 Å². The predicted molar refractivity (Wildman–Crippen MR) is 276 cm³/mol. The quantitative estimate of drug-likeness (QED) is 0.162. The molecule has 61 heavy (non-hydrogen) atoms. The Morgan fingerprint density at radius 2 is 0.820 bits per heavy atom. The van der Waals surface area contributed by atoms with E-state index in [4.69, 9.17) is 0 Å². The lowest BCUT2D eigenvalue weighted by Crippen LogP contribution is -1.82. The Balaban J connectivity index is -0.0000000696. The minimum absolute atomic E-state index is 0.833. The number of nitrogens with one attached hydrogen (secondary N) is 1. The topological polar surface area (TPSA) is 111 Å². The number of H-pyrrole nitrogens is 1. The van der Waals surface area contributed by atoms with E-state index in [0.29, 0.717) is 0 Å². The van der Waals surface area contributed by atoms with Crippen LogP contribution in [0.4, 0.5) is 0 Å². The van der Waals surface area contributed by atoms with Gasteiger partial charge in [0.05, 0.1) is 6.20 Å². The van der Waals surface area contributed by atoms with Gasteiger partial charge in [0, 0.05) is 43.4 Å². The first-order valence-electron chi connectivity index (χ1n) is 22.9. The third-order valence-electron chi connectivity index (χ3n) is 3.07. The van der Waals surface area contributed by atoms with Crippen LogP contribution < -0.4 is 0 Å². The lowest BCUT2D eigenvalue weighted by Gasteiger charge is -1.84. The van der Waals surface area contributed by atoms with E-state index in [1.807, 2.05) is 136 Å². The number of rotatable bonds is 0. The Hall–Kier alpha value is -4.66. The van der Waals surface area contributed by atoms with Crippen LogP contribution in [0.3, 0.4) is 0 Å². The van der Waals surface area contributed by atoms with Crippen LogP contribution in [0.25, 0.3) is 5.65 Å². The highest BCUT2D eigenvalue weighted by molar-refractivity contribution is 5.34. The molecule has 6 rings (SSSR count). The van der Waals surface area contributed by atoms with Gasteiger partial charge in [0.15, 0.2) is 5.65 Å². The molecule has 0 spiro atoms. The van der Waals surface area contributed by atoms with Crippen molar-refractivity contribution in [3.63, 3.8) is 0 Å². The van der Waals surface area contributed by atoms with Crippen molar-refractivity contribution >= 4 is 5.65 Å². The molecule has 1 N–H and O–H groups in total. The number of fused-ring (bicyclic) bond motifs is 1. The van der Waals surface area contributed by atoms with Crippen LogP contribution in [0, 0.1) is 29.6 Å². The van der Waals surface area contributed by atoms with Crippen LogP contribution in [-0.4, -0.2) is 39.9 Å². The van der Waals surface area contributed by atoms with E-state index in [1.165, 1.54) is 12.6 Å². The molecular weight excluding hydrogens is 753 g/mol. The average molecular weight is 855 g/mol. The van der Waals surface area contributed by atoms with Gasteiger partial charge in [-0.2, -0.15) is 10.2 Å². The molecule has 6 heterocycles. The van der Waals surface area contributed by atoms with Gasteiger partial charge in [-0.05, 0) is 78.1 Å². The van der Waals surface area contributed by atoms with Crippen molar-refractivity contribution in [3.05, 3.63) is 129 Å². The third kappa shape index (κ3) is 134. The first kappa shape index (κ1) is 77.0. The average Bonchev–Trinajstić information content (AvgIpc) is 4.10. The normalized spacial score (nSPS) is 7.84. The molecule has 9 heteroatoms. The molecule has 9 nitrogen and oxygen atoms in total. The predicted octanol–water partition coefficient (Wildman–Crippen LogP) is 17.4. The Morgan fingerprint density at radius 3 is 1.00 bits per heavy atom. The van der Waals surface area contributed by atoms with Gasteiger partial charge >= 0.3 is 0 Å². The number of nitrogens with zero attached hydrogens (tertiary/aromatic N) is 7. The Morgan fingerprint density at radius 1 is 0.443 bits per heavy atom. The van der Waals surface area contributed by atoms with E-state index in [0.717, 1.165) is 35.2 Å². The minimum atomic E-state index is 0.833. The number of hydrogen-bond acceptors (Lipinski definition) is 7. The molecule has 0 aliphatic carbocycles. The summed E-state index contributed by atoms with van der Waals surface area (Å²) in [6, 6.07) is 20.7. The molecule has 0 aliphatic rings. The van der Waals surface area contributed by atoms with Crippen LogP contribution in [0.1, 0.15) is 173 Å². The van der Waals surface area contributed by atoms with Crippen LogP contribution in [-0.2, 0) is 0 Å². The molecule has 0 unspecified atom stereocenters. The van der Waals surface area contributed by atoms with Crippen molar-refractivity contribution in [2.24, 2.45) is 29.6 Å². The molecular formula is C52H102N8O. The SMILES string of the molecule is CC.CC.CC.CC.CC.CC(C)C.CC(C)C.CC(C)C.CC(C)C.CC(C)C.c1ccn2ncnc2c1.c1ccncc1.c1ccncc1.c1cn[nH]c1.c1cnoc1. The summed E-state index contributed by atoms with van der Waals surface area (Å²) in [6.07, 6.45) is 17.0. The van der Waals surface area contributed by atoms with Crippen molar-refractivity contribution in [3.8, 4) is 0 Å². The summed E-state index contributed by atoms with van der Waals surface area (Å²) < 4.78 is 6.06. The maximum atomic E-state index is 4.33. The van der Waals surface area contributed by atoms with Crippen molar-refractivity contribution in [2.45, 2.75) is 173 Å². The fraction of sp³-hybridized carbons (Fsp3) is 0.577. The Kier molecular flexibility index (Phi) is 100. The van der Waals surface area contributed by atoms with E-state index < -0.39 is 0 Å². The van der Waals surface area contributed by atoms with E-state index in [-0.39, 0.29) is 0 Å². The monoisotopic (exact) mass is 855 g/mol. The lowest BCUT2D eigenvalue weighted by molar-refractivity contribution is 0.420. The zero-order valence-corrected chi connectivity index (χ0v) is 44.5. The van der Waals surface area contributed by atoms with Crippen LogP contribution in [0.5, 0.6) is 0 Å². The molecule has 0 aliphatic heterocycles. The highest BCUT2D eigenvalue weighted by Crippen LogP contribution is 1.93. The molecule has 6 aromatic heterocycles. The molecule has 0 saturated heterocycles. The van der Waals surface area contributed by atoms with Gasteiger partial charge in [-0.3, -0.25) is 15.1 Å². The van der Waals surface area contributed by atoms with E-state index >= 15 is 0 Å². The zero-order valence-electron chi connectivity index (χ0n) is 44.5. The summed E-state index contributed by atoms with van der Waals surface area (Å²) in [5.41, 5.74) is 0.887. The molecule has 0 bridgehead atoms. The summed E-state index contributed by atoms with van der Waals surface area (Å²) in [7, 11) is 0. The summed E-state index contributed by atoms with van der Waals surface area (Å²) in [6.45, 7) is 52.5. The van der Waals surface area contributed by atoms with Crippen LogP contribution in [0.15, 0.2) is 133 Å². The maximum absolute atomic E-state index is 4.33. The second-order valence-corrected chi connectivity index (χ2v) is 13.9. The molecule has 0 amide bonds. The number of pyridine rings is 3. The Labute approximate surface area is 380 Å². The van der Waals surface area contributed by atoms with Gasteiger partial charge < -0.3 is 4.52 Å². The summed E-state index contributed by atoms with van der Waals surface area (Å²) >= 11 is 0. The first-order chi connectivity index (χ1) is 29.1. The zero-order chi connectivity index (χ0) is 49.5. The molecule has 0 aromatic carbocycles. The largest absolute Gasteiger partial charge is 0.365 e. The van der Waals surface area contributed by atoms with Gasteiger partial charge in [-0.1, -0.05) is 196 Å². The summed E-state index contributed by atoms with van der Waals surface area (Å²) in [4.78, 5) is 11.5. The van der Waals surface area contributed by atoms with Crippen LogP contribution >= 0.6 is 0 Å². The van der Waals surface area contributed by atoms with Gasteiger partial charge in [0.1, 0.15) is 12.6 Å². The molecule has 0 fully saturated rings. The lowest BCUT2D eigenvalue weighted by atomic mass is 10.3. The minimum Gasteiger partial charge on any atom is -0.365 e. The molecule has 356 valence electrons. The van der Waals surface area contributed by atoms with Crippen LogP contribution in [0.2, 0.25) is 0 Å². The van der Waals surface area contributed by atoms with E-state index in [1.54, 1.807) is 54.0 Å². The number of hydrogen-bond donors (Lipinski definition) is 1. The summed E-state index contributed by atoms with van der Waals surface area (Å²) in [5.74, 6) is 4.17. The van der Waals surface area contributed by atoms with Crippen molar-refractivity contribution < 1.29 is 4.52 Å². The highest BCUT2D eigenvalue weighted by atomic mass is 16.5. The molecule has 0 radical (unpaired) electrons. The third-order valence-corrected chi connectivity index (χ3v) is 3.07. The van der Waals surface area contributed by atoms with Gasteiger partial charge in [0.25, 0.3) is 0 Å². The fourth-order valence-electron chi connectivity index (χ4n) is 1.78. The maximum Gasteiger partial charge on any atom is 0.155 e. The standard InChI is InChI=1S/C6H5N3.2C5H5N.5C4H10.C3H4N2.C3H3NO.5C2H6/c1-2-4-9-6(3-1)7-5-8-9;2*1-2-4-6-5-3-1;5*1-4(2)3;2*1-2-4-5-3-1;5*1-2/h1-5H;2*1-5H;5*4H,1-3H3;1-3H,(H,4,5);1-3H;5*1-2H3. The first-order valence-corrected chi connectivity index (χ1v) is 22.9. The van der Waals surface area contributed by atoms with E-state index in [9.17, 15) is 0 Å². The second kappa shape index (κ2) is 79.5. The van der Waals surface area contributed by atoms with Gasteiger partial charge in [-0.15, -0.1) is 0 Å². The molecule has 6 aromatic rings. The van der Waals surface area contributed by atoms with E-state index in [2.05, 4.69) is 144 Å². The van der Waals surface area contributed by atoms with Crippen molar-refractivity contribution in [1.29, 1.82) is 0 Å². The summed E-state index contributed by atoms with van der Waals surface area (Å²) in [5, 5.41) is 13.5. The molecule has 0 atom stereocenters. The number of aromatic nitrogens is 8. The second-order valence-electron chi connectivity index (χ2n) is 13.9. The highest BCUT2D eigenvalue weighted by Gasteiger charge is 1.87. The smallest absolute Gasteiger partial charge is 0.155 e. The van der Waals surface area contributed by atoms with Gasteiger partial charge in [-0.25, -0.2) is 9.50 Å². The number of aromatic amines is 1. The Bertz CT molecular complexity index is 1100. The van der Waals surface area contributed by atoms with Gasteiger partial charge in [0.2, 0.25) is 0 Å². The molecule has 0 saturated carbocycles. The fourth-order valence-corrected chi connectivity index (χ4v) is 1.78. The van der Waals surface area contributed by atoms with Crippen molar-refractivity contribution in [2.75, 3.05) is 0 Å².